The molecule has 0 aliphatic heterocycles. The van der Waals surface area contributed by atoms with E-state index in [-0.39, 0.29) is 0 Å². The molecule has 0 heterocycles. The molecule has 0 saturated heterocycles. The molecule has 0 fully saturated rings. The standard InChI is InChI=1S/C14H22S6/c1-15-7-9-11(17-3)13(19-5)10(8-16-2)14(20-6)12(9)18-4/h7-8H2,1-6H3. The first kappa shape index (κ1) is 19.4. The van der Waals surface area contributed by atoms with E-state index in [0.29, 0.717) is 0 Å². The molecule has 0 spiro atoms. The maximum absolute atomic E-state index is 2.21. The summed E-state index contributed by atoms with van der Waals surface area (Å²) < 4.78 is 0. The molecular formula is C14H22S6. The molecule has 0 aliphatic rings. The summed E-state index contributed by atoms with van der Waals surface area (Å²) >= 11 is 11.5. The van der Waals surface area contributed by atoms with Crippen LogP contribution >= 0.6 is 70.6 Å². The van der Waals surface area contributed by atoms with Crippen molar-refractivity contribution in [3.63, 3.8) is 0 Å². The highest BCUT2D eigenvalue weighted by Crippen LogP contribution is 2.47. The van der Waals surface area contributed by atoms with Gasteiger partial charge in [0, 0.05) is 31.1 Å². The molecule has 0 bridgehead atoms. The first-order valence-electron chi connectivity index (χ1n) is 6.05. The van der Waals surface area contributed by atoms with Gasteiger partial charge in [-0.3, -0.25) is 0 Å². The number of benzene rings is 1. The zero-order valence-electron chi connectivity index (χ0n) is 12.9. The minimum atomic E-state index is 1.10. The molecule has 0 aliphatic carbocycles. The minimum Gasteiger partial charge on any atom is -0.161 e. The third kappa shape index (κ3) is 4.19. The van der Waals surface area contributed by atoms with E-state index in [1.165, 1.54) is 30.7 Å². The average molecular weight is 383 g/mol. The van der Waals surface area contributed by atoms with Gasteiger partial charge in [0.1, 0.15) is 0 Å². The highest BCUT2D eigenvalue weighted by molar-refractivity contribution is 8.03. The number of thioether (sulfide) groups is 6. The lowest BCUT2D eigenvalue weighted by Gasteiger charge is -2.23. The van der Waals surface area contributed by atoms with Crippen molar-refractivity contribution in [3.8, 4) is 0 Å². The largest absolute Gasteiger partial charge is 0.161 e. The molecule has 1 rings (SSSR count). The van der Waals surface area contributed by atoms with Gasteiger partial charge in [-0.05, 0) is 48.7 Å². The molecule has 0 nitrogen and oxygen atoms in total. The molecule has 0 amide bonds. The first-order valence-corrected chi connectivity index (χ1v) is 13.7. The van der Waals surface area contributed by atoms with Gasteiger partial charge in [0.25, 0.3) is 0 Å². The van der Waals surface area contributed by atoms with Crippen molar-refractivity contribution in [1.29, 1.82) is 0 Å². The van der Waals surface area contributed by atoms with Crippen molar-refractivity contribution in [1.82, 2.24) is 0 Å². The van der Waals surface area contributed by atoms with E-state index < -0.39 is 0 Å². The molecule has 0 aromatic heterocycles. The highest BCUT2D eigenvalue weighted by atomic mass is 32.2. The van der Waals surface area contributed by atoms with Crippen LogP contribution in [0.5, 0.6) is 0 Å². The molecule has 1 aromatic rings. The van der Waals surface area contributed by atoms with Crippen molar-refractivity contribution >= 4 is 70.6 Å². The van der Waals surface area contributed by atoms with Crippen LogP contribution in [-0.2, 0) is 11.5 Å². The molecule has 0 radical (unpaired) electrons. The molecule has 0 unspecified atom stereocenters. The summed E-state index contributed by atoms with van der Waals surface area (Å²) in [6.45, 7) is 0. The average Bonchev–Trinajstić information content (AvgIpc) is 2.47. The third-order valence-electron chi connectivity index (χ3n) is 2.90. The lowest BCUT2D eigenvalue weighted by Crippen LogP contribution is -2.01. The first-order chi connectivity index (χ1) is 9.69. The fraction of sp³-hybridized carbons (Fsp3) is 0.571. The molecular weight excluding hydrogens is 361 g/mol. The summed E-state index contributed by atoms with van der Waals surface area (Å²) in [6, 6.07) is 0. The van der Waals surface area contributed by atoms with Gasteiger partial charge in [0.05, 0.1) is 0 Å². The van der Waals surface area contributed by atoms with Gasteiger partial charge in [0.2, 0.25) is 0 Å². The molecule has 1 aromatic carbocycles. The van der Waals surface area contributed by atoms with E-state index in [2.05, 4.69) is 37.5 Å². The van der Waals surface area contributed by atoms with Crippen molar-refractivity contribution in [3.05, 3.63) is 11.1 Å². The lowest BCUT2D eigenvalue weighted by atomic mass is 10.1. The van der Waals surface area contributed by atoms with Crippen LogP contribution in [0.2, 0.25) is 0 Å². The second-order valence-electron chi connectivity index (χ2n) is 3.96. The molecule has 0 atom stereocenters. The van der Waals surface area contributed by atoms with Crippen LogP contribution in [-0.4, -0.2) is 37.5 Å². The Morgan fingerprint density at radius 2 is 0.750 bits per heavy atom. The Labute approximate surface area is 149 Å². The molecule has 6 heteroatoms. The van der Waals surface area contributed by atoms with E-state index in [4.69, 9.17) is 0 Å². The predicted octanol–water partition coefficient (Wildman–Crippen LogP) is 6.30. The lowest BCUT2D eigenvalue weighted by molar-refractivity contribution is 0.960. The van der Waals surface area contributed by atoms with Crippen molar-refractivity contribution in [2.45, 2.75) is 31.1 Å². The highest BCUT2D eigenvalue weighted by Gasteiger charge is 2.21. The van der Waals surface area contributed by atoms with Gasteiger partial charge in [0.15, 0.2) is 0 Å². The van der Waals surface area contributed by atoms with E-state index >= 15 is 0 Å². The zero-order valence-corrected chi connectivity index (χ0v) is 17.8. The van der Waals surface area contributed by atoms with E-state index in [1.807, 2.05) is 70.6 Å². The Hall–Kier alpha value is 1.32. The van der Waals surface area contributed by atoms with Gasteiger partial charge in [-0.2, -0.15) is 23.5 Å². The number of hydrogen-bond acceptors (Lipinski definition) is 6. The van der Waals surface area contributed by atoms with Crippen molar-refractivity contribution in [2.75, 3.05) is 37.5 Å². The van der Waals surface area contributed by atoms with Gasteiger partial charge >= 0.3 is 0 Å². The van der Waals surface area contributed by atoms with Crippen molar-refractivity contribution in [2.24, 2.45) is 0 Å². The van der Waals surface area contributed by atoms with Crippen LogP contribution < -0.4 is 0 Å². The van der Waals surface area contributed by atoms with Gasteiger partial charge in [-0.15, -0.1) is 47.0 Å². The SMILES string of the molecule is CSCc1c(SC)c(SC)c(CSC)c(SC)c1SC. The van der Waals surface area contributed by atoms with E-state index in [9.17, 15) is 0 Å². The molecule has 20 heavy (non-hydrogen) atoms. The maximum atomic E-state index is 2.21. The fourth-order valence-corrected chi connectivity index (χ4v) is 7.74. The summed E-state index contributed by atoms with van der Waals surface area (Å²) in [7, 11) is 0. The van der Waals surface area contributed by atoms with E-state index in [0.717, 1.165) is 11.5 Å². The summed E-state index contributed by atoms with van der Waals surface area (Å²) in [5.41, 5.74) is 3.08. The fourth-order valence-electron chi connectivity index (χ4n) is 2.17. The number of hydrogen-bond donors (Lipinski definition) is 0. The van der Waals surface area contributed by atoms with E-state index in [1.54, 1.807) is 0 Å². The molecule has 0 N–H and O–H groups in total. The maximum Gasteiger partial charge on any atom is 0.0261 e. The summed E-state index contributed by atoms with van der Waals surface area (Å²) in [5, 5.41) is 0. The Kier molecular flexibility index (Phi) is 9.84. The molecule has 114 valence electrons. The monoisotopic (exact) mass is 382 g/mol. The topological polar surface area (TPSA) is 0 Å². The number of rotatable bonds is 8. The van der Waals surface area contributed by atoms with Crippen LogP contribution in [0.15, 0.2) is 19.6 Å². The van der Waals surface area contributed by atoms with Crippen LogP contribution in [0.4, 0.5) is 0 Å². The van der Waals surface area contributed by atoms with Crippen molar-refractivity contribution < 1.29 is 0 Å². The quantitative estimate of drug-likeness (QED) is 0.480. The zero-order chi connectivity index (χ0) is 15.1. The van der Waals surface area contributed by atoms with Crippen LogP contribution in [0.25, 0.3) is 0 Å². The smallest absolute Gasteiger partial charge is 0.0261 e. The molecule has 0 saturated carbocycles. The van der Waals surface area contributed by atoms with Gasteiger partial charge in [-0.1, -0.05) is 0 Å². The summed E-state index contributed by atoms with van der Waals surface area (Å²) in [4.78, 5) is 5.99. The van der Waals surface area contributed by atoms with Crippen LogP contribution in [0, 0.1) is 0 Å². The van der Waals surface area contributed by atoms with Gasteiger partial charge in [-0.25, -0.2) is 0 Å². The van der Waals surface area contributed by atoms with Gasteiger partial charge < -0.3 is 0 Å². The third-order valence-corrected chi connectivity index (χ3v) is 7.75. The van der Waals surface area contributed by atoms with Crippen LogP contribution in [0.1, 0.15) is 11.1 Å². The second-order valence-corrected chi connectivity index (χ2v) is 8.95. The Morgan fingerprint density at radius 3 is 0.900 bits per heavy atom. The van der Waals surface area contributed by atoms with Crippen LogP contribution in [0.3, 0.4) is 0 Å². The normalized spacial score (nSPS) is 11.1. The Bertz CT molecular complexity index is 370. The second kappa shape index (κ2) is 10.2. The summed E-state index contributed by atoms with van der Waals surface area (Å²) in [5.74, 6) is 2.21. The Morgan fingerprint density at radius 1 is 0.500 bits per heavy atom. The predicted molar refractivity (Wildman–Crippen MR) is 108 cm³/mol. The Balaban J connectivity index is 3.67. The summed E-state index contributed by atoms with van der Waals surface area (Å²) in [6.07, 6.45) is 13.2. The minimum absolute atomic E-state index is 1.10.